The molecule has 7 heteroatoms. The molecule has 0 aromatic carbocycles. The van der Waals surface area contributed by atoms with Crippen molar-refractivity contribution in [2.45, 2.75) is 77.5 Å². The zero-order valence-electron chi connectivity index (χ0n) is 16.3. The third-order valence-corrected chi connectivity index (χ3v) is 5.68. The number of amides is 2. The molecule has 0 bridgehead atoms. The maximum atomic E-state index is 12.5. The van der Waals surface area contributed by atoms with Crippen molar-refractivity contribution in [3.63, 3.8) is 0 Å². The molecule has 1 heterocycles. The minimum absolute atomic E-state index is 0.153. The van der Waals surface area contributed by atoms with E-state index in [1.54, 1.807) is 24.4 Å². The molecule has 0 radical (unpaired) electrons. The van der Waals surface area contributed by atoms with Crippen LogP contribution in [0.25, 0.3) is 0 Å². The first-order valence-corrected chi connectivity index (χ1v) is 10.6. The van der Waals surface area contributed by atoms with Gasteiger partial charge in [0.25, 0.3) is 11.8 Å². The van der Waals surface area contributed by atoms with Gasteiger partial charge < -0.3 is 15.4 Å². The summed E-state index contributed by atoms with van der Waals surface area (Å²) in [6.07, 6.45) is 5.69. The largest absolute Gasteiger partial charge is 0.451 e. The van der Waals surface area contributed by atoms with Gasteiger partial charge in [0.1, 0.15) is 6.04 Å². The molecule has 0 spiro atoms. The molecule has 6 nitrogen and oxygen atoms in total. The second kappa shape index (κ2) is 10.4. The number of esters is 1. The van der Waals surface area contributed by atoms with Crippen LogP contribution in [0.4, 0.5) is 0 Å². The van der Waals surface area contributed by atoms with Crippen LogP contribution in [0.1, 0.15) is 69.0 Å². The molecule has 1 fully saturated rings. The number of thiophene rings is 1. The lowest BCUT2D eigenvalue weighted by Crippen LogP contribution is -2.48. The van der Waals surface area contributed by atoms with Crippen molar-refractivity contribution >= 4 is 29.1 Å². The van der Waals surface area contributed by atoms with Crippen molar-refractivity contribution in [3.05, 3.63) is 22.4 Å². The van der Waals surface area contributed by atoms with Gasteiger partial charge in [0.2, 0.25) is 0 Å². The molecular formula is C20H30N2O4S. The van der Waals surface area contributed by atoms with E-state index < -0.39 is 18.1 Å². The quantitative estimate of drug-likeness (QED) is 0.549. The van der Waals surface area contributed by atoms with Crippen LogP contribution >= 0.6 is 11.3 Å². The number of hydrogen-bond acceptors (Lipinski definition) is 5. The fourth-order valence-corrected chi connectivity index (χ4v) is 3.79. The Balaban J connectivity index is 1.89. The summed E-state index contributed by atoms with van der Waals surface area (Å²) in [5, 5.41) is 7.51. The van der Waals surface area contributed by atoms with Crippen LogP contribution in [0.2, 0.25) is 0 Å². The summed E-state index contributed by atoms with van der Waals surface area (Å²) >= 11 is 1.31. The van der Waals surface area contributed by atoms with E-state index in [0.29, 0.717) is 4.88 Å². The molecule has 1 aliphatic rings. The number of carbonyl (C=O) groups excluding carboxylic acids is 3. The summed E-state index contributed by atoms with van der Waals surface area (Å²) in [5.41, 5.74) is 0. The maximum absolute atomic E-state index is 12.5. The second-order valence-electron chi connectivity index (χ2n) is 7.45. The lowest BCUT2D eigenvalue weighted by atomic mass is 10.0. The molecule has 1 saturated carbocycles. The number of nitrogens with one attached hydrogen (secondary N) is 2. The van der Waals surface area contributed by atoms with Crippen LogP contribution in [-0.2, 0) is 14.3 Å². The number of carbonyl (C=O) groups is 3. The molecule has 27 heavy (non-hydrogen) atoms. The molecule has 1 aliphatic carbocycles. The summed E-state index contributed by atoms with van der Waals surface area (Å²) in [6, 6.07) is 2.83. The number of ether oxygens (including phenoxy) is 1. The molecular weight excluding hydrogens is 364 g/mol. The molecule has 150 valence electrons. The van der Waals surface area contributed by atoms with Crippen molar-refractivity contribution in [2.24, 2.45) is 5.92 Å². The summed E-state index contributed by atoms with van der Waals surface area (Å²) in [7, 11) is 0. The predicted molar refractivity (Wildman–Crippen MR) is 106 cm³/mol. The first-order valence-electron chi connectivity index (χ1n) is 9.73. The Kier molecular flexibility index (Phi) is 8.28. The molecule has 2 atom stereocenters. The van der Waals surface area contributed by atoms with E-state index in [0.717, 1.165) is 25.7 Å². The maximum Gasteiger partial charge on any atom is 0.329 e. The number of rotatable bonds is 7. The highest BCUT2D eigenvalue weighted by Crippen LogP contribution is 2.17. The van der Waals surface area contributed by atoms with E-state index in [9.17, 15) is 14.4 Å². The summed E-state index contributed by atoms with van der Waals surface area (Å²) in [4.78, 5) is 37.7. The Morgan fingerprint density at radius 3 is 2.33 bits per heavy atom. The van der Waals surface area contributed by atoms with Crippen LogP contribution in [0.5, 0.6) is 0 Å². The van der Waals surface area contributed by atoms with Crippen molar-refractivity contribution < 1.29 is 19.1 Å². The van der Waals surface area contributed by atoms with E-state index >= 15 is 0 Å². The first-order chi connectivity index (χ1) is 12.9. The monoisotopic (exact) mass is 394 g/mol. The van der Waals surface area contributed by atoms with E-state index in [1.807, 2.05) is 13.8 Å². The van der Waals surface area contributed by atoms with Gasteiger partial charge in [-0.15, -0.1) is 11.3 Å². The predicted octanol–water partition coefficient (Wildman–Crippen LogP) is 3.27. The lowest BCUT2D eigenvalue weighted by Gasteiger charge is -2.24. The van der Waals surface area contributed by atoms with Gasteiger partial charge in [-0.1, -0.05) is 45.6 Å². The van der Waals surface area contributed by atoms with Crippen molar-refractivity contribution in [1.29, 1.82) is 0 Å². The lowest BCUT2D eigenvalue weighted by molar-refractivity contribution is -0.157. The molecule has 2 N–H and O–H groups in total. The SMILES string of the molecule is CC(C)[C@H](NC(=O)c1cccs1)C(=O)O[C@H](C)C(=O)NC1CCCCCC1. The van der Waals surface area contributed by atoms with Gasteiger partial charge in [0, 0.05) is 6.04 Å². The fraction of sp³-hybridized carbons (Fsp3) is 0.650. The smallest absolute Gasteiger partial charge is 0.329 e. The topological polar surface area (TPSA) is 84.5 Å². The van der Waals surface area contributed by atoms with Gasteiger partial charge >= 0.3 is 5.97 Å². The normalized spacial score (nSPS) is 17.6. The Bertz CT molecular complexity index is 622. The van der Waals surface area contributed by atoms with Crippen LogP contribution in [0.15, 0.2) is 17.5 Å². The van der Waals surface area contributed by atoms with Gasteiger partial charge in [-0.05, 0) is 37.1 Å². The van der Waals surface area contributed by atoms with Gasteiger partial charge in [0.05, 0.1) is 4.88 Å². The van der Waals surface area contributed by atoms with E-state index in [1.165, 1.54) is 24.2 Å². The molecule has 1 aromatic rings. The molecule has 2 rings (SSSR count). The van der Waals surface area contributed by atoms with Gasteiger partial charge in [-0.3, -0.25) is 9.59 Å². The molecule has 1 aromatic heterocycles. The zero-order valence-corrected chi connectivity index (χ0v) is 17.1. The van der Waals surface area contributed by atoms with Crippen molar-refractivity contribution in [1.82, 2.24) is 10.6 Å². The molecule has 0 unspecified atom stereocenters. The summed E-state index contributed by atoms with van der Waals surface area (Å²) in [5.74, 6) is -1.32. The third kappa shape index (κ3) is 6.65. The highest BCUT2D eigenvalue weighted by Gasteiger charge is 2.30. The highest BCUT2D eigenvalue weighted by atomic mass is 32.1. The summed E-state index contributed by atoms with van der Waals surface area (Å²) in [6.45, 7) is 5.23. The molecule has 0 saturated heterocycles. The van der Waals surface area contributed by atoms with Crippen LogP contribution < -0.4 is 10.6 Å². The number of hydrogen-bond donors (Lipinski definition) is 2. The van der Waals surface area contributed by atoms with E-state index in [2.05, 4.69) is 10.6 Å². The highest BCUT2D eigenvalue weighted by molar-refractivity contribution is 7.12. The summed E-state index contributed by atoms with van der Waals surface area (Å²) < 4.78 is 5.36. The van der Waals surface area contributed by atoms with Crippen LogP contribution in [0, 0.1) is 5.92 Å². The second-order valence-corrected chi connectivity index (χ2v) is 8.40. The standard InChI is InChI=1S/C20H30N2O4S/c1-13(2)17(22-19(24)16-11-8-12-27-16)20(25)26-14(3)18(23)21-15-9-6-4-5-7-10-15/h8,11-15,17H,4-7,9-10H2,1-3H3,(H,21,23)(H,22,24)/t14-,17+/m1/s1. The third-order valence-electron chi connectivity index (χ3n) is 4.82. The minimum atomic E-state index is -0.888. The Morgan fingerprint density at radius 2 is 1.78 bits per heavy atom. The Hall–Kier alpha value is -1.89. The van der Waals surface area contributed by atoms with Crippen LogP contribution in [-0.4, -0.2) is 36.0 Å². The van der Waals surface area contributed by atoms with Crippen molar-refractivity contribution in [2.75, 3.05) is 0 Å². The van der Waals surface area contributed by atoms with Gasteiger partial charge in [0.15, 0.2) is 6.10 Å². The fourth-order valence-electron chi connectivity index (χ4n) is 3.16. The van der Waals surface area contributed by atoms with Gasteiger partial charge in [-0.25, -0.2) is 4.79 Å². The van der Waals surface area contributed by atoms with Crippen molar-refractivity contribution in [3.8, 4) is 0 Å². The minimum Gasteiger partial charge on any atom is -0.451 e. The van der Waals surface area contributed by atoms with E-state index in [4.69, 9.17) is 4.74 Å². The average Bonchev–Trinajstić information content (AvgIpc) is 3.04. The first kappa shape index (κ1) is 21.4. The Morgan fingerprint density at radius 1 is 1.11 bits per heavy atom. The van der Waals surface area contributed by atoms with Gasteiger partial charge in [-0.2, -0.15) is 0 Å². The Labute approximate surface area is 165 Å². The average molecular weight is 395 g/mol. The molecule has 2 amide bonds. The van der Waals surface area contributed by atoms with E-state index in [-0.39, 0.29) is 23.8 Å². The molecule has 0 aliphatic heterocycles. The zero-order chi connectivity index (χ0) is 19.8. The van der Waals surface area contributed by atoms with Crippen LogP contribution in [0.3, 0.4) is 0 Å².